The Hall–Kier alpha value is -2.37. The van der Waals surface area contributed by atoms with Crippen molar-refractivity contribution in [2.24, 2.45) is 17.0 Å². The van der Waals surface area contributed by atoms with Crippen LogP contribution in [0.3, 0.4) is 0 Å². The van der Waals surface area contributed by atoms with Gasteiger partial charge < -0.3 is 14.9 Å². The molecular formula is C18H22N2O4. The van der Waals surface area contributed by atoms with E-state index in [0.717, 1.165) is 12.1 Å². The van der Waals surface area contributed by atoms with Gasteiger partial charge in [-0.25, -0.2) is 0 Å². The van der Waals surface area contributed by atoms with Gasteiger partial charge in [-0.3, -0.25) is 9.59 Å². The number of carbonyl (C=O) groups is 2. The van der Waals surface area contributed by atoms with E-state index in [1.165, 1.54) is 0 Å². The second-order valence-electron chi connectivity index (χ2n) is 6.07. The van der Waals surface area contributed by atoms with E-state index in [-0.39, 0.29) is 23.9 Å². The van der Waals surface area contributed by atoms with Gasteiger partial charge in [0, 0.05) is 11.5 Å². The number of hydrogen-bond donors (Lipinski definition) is 1. The first-order chi connectivity index (χ1) is 11.7. The zero-order chi connectivity index (χ0) is 17.1. The van der Waals surface area contributed by atoms with E-state index in [0.29, 0.717) is 18.6 Å². The summed E-state index contributed by atoms with van der Waals surface area (Å²) in [4.78, 5) is 30.4. The van der Waals surface area contributed by atoms with E-state index in [1.807, 2.05) is 13.0 Å². The number of esters is 1. The zero-order valence-electron chi connectivity index (χ0n) is 13.9. The van der Waals surface area contributed by atoms with Gasteiger partial charge in [-0.05, 0) is 31.9 Å². The summed E-state index contributed by atoms with van der Waals surface area (Å²) in [6.45, 7) is 4.11. The van der Waals surface area contributed by atoms with Crippen LogP contribution in [0.25, 0.3) is 0 Å². The Labute approximate surface area is 141 Å². The summed E-state index contributed by atoms with van der Waals surface area (Å²) in [6, 6.07) is 8.51. The fourth-order valence-corrected chi connectivity index (χ4v) is 3.52. The molecule has 0 aromatic heterocycles. The van der Waals surface area contributed by atoms with Crippen molar-refractivity contribution in [3.8, 4) is 0 Å². The summed E-state index contributed by atoms with van der Waals surface area (Å²) < 4.78 is 5.19. The molecule has 1 aliphatic heterocycles. The van der Waals surface area contributed by atoms with Gasteiger partial charge in [-0.15, -0.1) is 0 Å². The van der Waals surface area contributed by atoms with Gasteiger partial charge in [0.2, 0.25) is 0 Å². The van der Waals surface area contributed by atoms with Gasteiger partial charge in [0.15, 0.2) is 6.10 Å². The Morgan fingerprint density at radius 3 is 2.71 bits per heavy atom. The van der Waals surface area contributed by atoms with Crippen molar-refractivity contribution >= 4 is 17.6 Å². The van der Waals surface area contributed by atoms with Crippen LogP contribution < -0.4 is 5.32 Å². The minimum Gasteiger partial charge on any atom is -0.466 e. The molecule has 4 atom stereocenters. The lowest BCUT2D eigenvalue weighted by Crippen LogP contribution is -2.47. The molecule has 0 saturated heterocycles. The second-order valence-corrected chi connectivity index (χ2v) is 6.07. The van der Waals surface area contributed by atoms with Gasteiger partial charge in [0.05, 0.1) is 24.3 Å². The van der Waals surface area contributed by atoms with Crippen LogP contribution in [-0.2, 0) is 14.4 Å². The molecule has 2 aliphatic rings. The third kappa shape index (κ3) is 3.00. The molecule has 1 aromatic rings. The highest BCUT2D eigenvalue weighted by atomic mass is 16.6. The average molecular weight is 330 g/mol. The number of oxime groups is 1. The van der Waals surface area contributed by atoms with E-state index in [4.69, 9.17) is 9.57 Å². The first kappa shape index (κ1) is 16.5. The second kappa shape index (κ2) is 7.03. The van der Waals surface area contributed by atoms with Gasteiger partial charge in [0.1, 0.15) is 0 Å². The maximum atomic E-state index is 12.5. The summed E-state index contributed by atoms with van der Waals surface area (Å²) in [7, 11) is 0. The number of hydrogen-bond acceptors (Lipinski definition) is 5. The van der Waals surface area contributed by atoms with E-state index in [2.05, 4.69) is 10.5 Å². The number of ether oxygens (including phenoxy) is 1. The van der Waals surface area contributed by atoms with E-state index >= 15 is 0 Å². The SMILES string of the molecule is CCOC(=O)[C@H]1C[C@H]2C(CC)=NO[C@H]2[C@@H]1NC(=O)c1ccccc1. The highest BCUT2D eigenvalue weighted by Crippen LogP contribution is 2.40. The predicted molar refractivity (Wildman–Crippen MR) is 88.5 cm³/mol. The molecule has 1 aromatic carbocycles. The molecule has 0 radical (unpaired) electrons. The lowest BCUT2D eigenvalue weighted by Gasteiger charge is -2.23. The summed E-state index contributed by atoms with van der Waals surface area (Å²) in [5.41, 5.74) is 1.50. The van der Waals surface area contributed by atoms with Gasteiger partial charge in [0.25, 0.3) is 5.91 Å². The third-order valence-corrected chi connectivity index (χ3v) is 4.70. The molecule has 6 nitrogen and oxygen atoms in total. The van der Waals surface area contributed by atoms with Crippen LogP contribution in [0.15, 0.2) is 35.5 Å². The smallest absolute Gasteiger partial charge is 0.311 e. The summed E-state index contributed by atoms with van der Waals surface area (Å²) in [5, 5.41) is 7.08. The lowest BCUT2D eigenvalue weighted by atomic mass is 9.97. The lowest BCUT2D eigenvalue weighted by molar-refractivity contribution is -0.149. The fraction of sp³-hybridized carbons (Fsp3) is 0.500. The zero-order valence-corrected chi connectivity index (χ0v) is 13.9. The highest BCUT2D eigenvalue weighted by molar-refractivity contribution is 5.95. The quantitative estimate of drug-likeness (QED) is 0.839. The Kier molecular flexibility index (Phi) is 4.83. The Morgan fingerprint density at radius 1 is 1.29 bits per heavy atom. The standard InChI is InChI=1S/C18H22N2O4/c1-3-14-12-10-13(18(22)23-4-2)15(16(12)24-20-14)19-17(21)11-8-6-5-7-9-11/h5-9,12-13,15-16H,3-4,10H2,1-2H3,(H,19,21)/t12-,13-,15+,16+/m0/s1. The van der Waals surface area contributed by atoms with E-state index < -0.39 is 12.0 Å². The van der Waals surface area contributed by atoms with Crippen LogP contribution >= 0.6 is 0 Å². The van der Waals surface area contributed by atoms with Crippen molar-refractivity contribution in [3.63, 3.8) is 0 Å². The molecule has 1 heterocycles. The van der Waals surface area contributed by atoms with Crippen LogP contribution in [0.4, 0.5) is 0 Å². The number of amides is 1. The normalized spacial score (nSPS) is 27.8. The molecule has 1 amide bonds. The van der Waals surface area contributed by atoms with Crippen LogP contribution in [0.5, 0.6) is 0 Å². The maximum absolute atomic E-state index is 12.5. The molecule has 24 heavy (non-hydrogen) atoms. The van der Waals surface area contributed by atoms with Crippen molar-refractivity contribution in [1.82, 2.24) is 5.32 Å². The van der Waals surface area contributed by atoms with Crippen molar-refractivity contribution in [3.05, 3.63) is 35.9 Å². The van der Waals surface area contributed by atoms with E-state index in [1.54, 1.807) is 31.2 Å². The number of carbonyl (C=O) groups excluding carboxylic acids is 2. The molecule has 0 unspecified atom stereocenters. The number of nitrogens with zero attached hydrogens (tertiary/aromatic N) is 1. The Bertz CT molecular complexity index is 644. The van der Waals surface area contributed by atoms with Crippen LogP contribution in [0.1, 0.15) is 37.0 Å². The van der Waals surface area contributed by atoms with E-state index in [9.17, 15) is 9.59 Å². The number of rotatable bonds is 5. The van der Waals surface area contributed by atoms with Crippen molar-refractivity contribution < 1.29 is 19.2 Å². The van der Waals surface area contributed by atoms with Crippen molar-refractivity contribution in [1.29, 1.82) is 0 Å². The Balaban J connectivity index is 1.79. The third-order valence-electron chi connectivity index (χ3n) is 4.70. The first-order valence-electron chi connectivity index (χ1n) is 8.40. The number of nitrogens with one attached hydrogen (secondary N) is 1. The van der Waals surface area contributed by atoms with Crippen LogP contribution in [-0.4, -0.2) is 36.3 Å². The molecule has 3 rings (SSSR count). The number of fused-ring (bicyclic) bond motifs is 1. The minimum absolute atomic E-state index is 0.0606. The molecular weight excluding hydrogens is 308 g/mol. The van der Waals surface area contributed by atoms with Gasteiger partial charge in [-0.2, -0.15) is 0 Å². The summed E-state index contributed by atoms with van der Waals surface area (Å²) in [6.07, 6.45) is 1.06. The highest BCUT2D eigenvalue weighted by Gasteiger charge is 2.53. The number of benzene rings is 1. The predicted octanol–water partition coefficient (Wildman–Crippen LogP) is 2.15. The summed E-state index contributed by atoms with van der Waals surface area (Å²) in [5.74, 6) is -0.858. The first-order valence-corrected chi connectivity index (χ1v) is 8.40. The fourth-order valence-electron chi connectivity index (χ4n) is 3.52. The molecule has 1 fully saturated rings. The van der Waals surface area contributed by atoms with Crippen LogP contribution in [0, 0.1) is 11.8 Å². The molecule has 1 saturated carbocycles. The average Bonchev–Trinajstić information content (AvgIpc) is 3.15. The minimum atomic E-state index is -0.436. The molecule has 128 valence electrons. The van der Waals surface area contributed by atoms with Gasteiger partial charge in [-0.1, -0.05) is 30.3 Å². The van der Waals surface area contributed by atoms with Crippen molar-refractivity contribution in [2.45, 2.75) is 38.8 Å². The molecule has 0 bridgehead atoms. The largest absolute Gasteiger partial charge is 0.466 e. The Morgan fingerprint density at radius 2 is 2.04 bits per heavy atom. The van der Waals surface area contributed by atoms with Gasteiger partial charge >= 0.3 is 5.97 Å². The molecule has 0 spiro atoms. The molecule has 1 N–H and O–H groups in total. The van der Waals surface area contributed by atoms with Crippen LogP contribution in [0.2, 0.25) is 0 Å². The monoisotopic (exact) mass is 330 g/mol. The topological polar surface area (TPSA) is 77.0 Å². The maximum Gasteiger partial charge on any atom is 0.311 e. The molecule has 6 heteroatoms. The summed E-state index contributed by atoms with van der Waals surface area (Å²) >= 11 is 0. The molecule has 1 aliphatic carbocycles. The van der Waals surface area contributed by atoms with Crippen molar-refractivity contribution in [2.75, 3.05) is 6.61 Å².